The largest absolute Gasteiger partial charge is 0.388 e. The molecule has 0 aliphatic carbocycles. The first-order chi connectivity index (χ1) is 8.15. The Bertz CT molecular complexity index is 489. The van der Waals surface area contributed by atoms with E-state index in [1.165, 1.54) is 23.1 Å². The molecule has 0 aliphatic heterocycles. The first kappa shape index (κ1) is 12.6. The molecule has 7 heteroatoms. The molecule has 17 heavy (non-hydrogen) atoms. The Labute approximate surface area is 112 Å². The van der Waals surface area contributed by atoms with Gasteiger partial charge in [-0.1, -0.05) is 46.8 Å². The molecule has 0 bridgehead atoms. The quantitative estimate of drug-likeness (QED) is 0.846. The number of benzene rings is 1. The van der Waals surface area contributed by atoms with Crippen molar-refractivity contribution < 1.29 is 5.11 Å². The number of hydrogen-bond acceptors (Lipinski definition) is 6. The number of nitrogens with zero attached hydrogens (tertiary/aromatic N) is 2. The summed E-state index contributed by atoms with van der Waals surface area (Å²) >= 11 is 8.52. The predicted molar refractivity (Wildman–Crippen MR) is 71.5 cm³/mol. The van der Waals surface area contributed by atoms with Gasteiger partial charge in [-0.15, -0.1) is 10.2 Å². The normalized spacial score (nSPS) is 12.6. The van der Waals surface area contributed by atoms with Crippen LogP contribution < -0.4 is 5.73 Å². The van der Waals surface area contributed by atoms with Crippen molar-refractivity contribution in [2.45, 2.75) is 10.4 Å². The van der Waals surface area contributed by atoms with Crippen LogP contribution >= 0.6 is 34.7 Å². The summed E-state index contributed by atoms with van der Waals surface area (Å²) in [4.78, 5) is 0. The molecule has 0 spiro atoms. The molecule has 2 rings (SSSR count). The van der Waals surface area contributed by atoms with Gasteiger partial charge < -0.3 is 10.8 Å². The third-order valence-corrected chi connectivity index (χ3v) is 4.26. The van der Waals surface area contributed by atoms with Gasteiger partial charge in [-0.25, -0.2) is 0 Å². The molecule has 3 N–H and O–H groups in total. The van der Waals surface area contributed by atoms with Crippen LogP contribution in [0.1, 0.15) is 11.7 Å². The van der Waals surface area contributed by atoms with Crippen LogP contribution in [-0.4, -0.2) is 21.1 Å². The predicted octanol–water partition coefficient (Wildman–Crippen LogP) is 2.60. The minimum Gasteiger partial charge on any atom is -0.388 e. The van der Waals surface area contributed by atoms with Crippen LogP contribution in [0.5, 0.6) is 0 Å². The van der Waals surface area contributed by atoms with E-state index in [0.29, 0.717) is 15.9 Å². The average molecular weight is 288 g/mol. The molecule has 0 fully saturated rings. The number of nitrogen functional groups attached to an aromatic ring is 1. The third-order valence-electron chi connectivity index (χ3n) is 2.04. The second kappa shape index (κ2) is 5.68. The number of aliphatic hydroxyl groups is 1. The van der Waals surface area contributed by atoms with E-state index in [1.807, 2.05) is 12.1 Å². The number of aliphatic hydroxyl groups excluding tert-OH is 1. The smallest absolute Gasteiger partial charge is 0.203 e. The summed E-state index contributed by atoms with van der Waals surface area (Å²) < 4.78 is 0.760. The molecule has 0 amide bonds. The van der Waals surface area contributed by atoms with E-state index in [2.05, 4.69) is 10.2 Å². The standard InChI is InChI=1S/C10H10ClN3OS2/c11-7-3-1-6(2-4-7)8(15)5-16-10-14-13-9(12)17-10/h1-4,8,15H,5H2,(H2,12,13). The summed E-state index contributed by atoms with van der Waals surface area (Å²) in [6.07, 6.45) is -0.553. The van der Waals surface area contributed by atoms with Gasteiger partial charge in [0.15, 0.2) is 4.34 Å². The van der Waals surface area contributed by atoms with E-state index >= 15 is 0 Å². The molecule has 1 aromatic heterocycles. The molecular formula is C10H10ClN3OS2. The Morgan fingerprint density at radius 2 is 2.06 bits per heavy atom. The number of rotatable bonds is 4. The van der Waals surface area contributed by atoms with Gasteiger partial charge >= 0.3 is 0 Å². The number of nitrogens with two attached hydrogens (primary N) is 1. The SMILES string of the molecule is Nc1nnc(SCC(O)c2ccc(Cl)cc2)s1. The number of halogens is 1. The van der Waals surface area contributed by atoms with Crippen molar-refractivity contribution in [1.82, 2.24) is 10.2 Å². The van der Waals surface area contributed by atoms with E-state index in [1.54, 1.807) is 12.1 Å². The Morgan fingerprint density at radius 3 is 2.65 bits per heavy atom. The fourth-order valence-corrected chi connectivity index (χ4v) is 2.97. The lowest BCUT2D eigenvalue weighted by Gasteiger charge is -2.09. The maximum absolute atomic E-state index is 9.94. The molecule has 0 radical (unpaired) electrons. The van der Waals surface area contributed by atoms with E-state index in [9.17, 15) is 5.11 Å². The van der Waals surface area contributed by atoms with E-state index in [-0.39, 0.29) is 0 Å². The summed E-state index contributed by atoms with van der Waals surface area (Å²) in [5, 5.41) is 18.6. The van der Waals surface area contributed by atoms with Crippen LogP contribution in [-0.2, 0) is 0 Å². The lowest BCUT2D eigenvalue weighted by atomic mass is 10.1. The molecule has 90 valence electrons. The van der Waals surface area contributed by atoms with Crippen molar-refractivity contribution >= 4 is 39.8 Å². The van der Waals surface area contributed by atoms with Crippen molar-refractivity contribution in [1.29, 1.82) is 0 Å². The van der Waals surface area contributed by atoms with Crippen molar-refractivity contribution in [2.75, 3.05) is 11.5 Å². The van der Waals surface area contributed by atoms with Crippen LogP contribution in [0.3, 0.4) is 0 Å². The molecule has 0 saturated carbocycles. The van der Waals surface area contributed by atoms with Gasteiger partial charge in [-0.05, 0) is 17.7 Å². The highest BCUT2D eigenvalue weighted by molar-refractivity contribution is 8.01. The lowest BCUT2D eigenvalue weighted by Crippen LogP contribution is -1.99. The zero-order valence-electron chi connectivity index (χ0n) is 8.71. The monoisotopic (exact) mass is 287 g/mol. The second-order valence-corrected chi connectivity index (χ2v) is 6.00. The van der Waals surface area contributed by atoms with Crippen LogP contribution in [0.25, 0.3) is 0 Å². The molecule has 2 aromatic rings. The Kier molecular flexibility index (Phi) is 4.22. The van der Waals surface area contributed by atoms with Crippen LogP contribution in [0.4, 0.5) is 5.13 Å². The van der Waals surface area contributed by atoms with E-state index in [4.69, 9.17) is 17.3 Å². The average Bonchev–Trinajstić information content (AvgIpc) is 2.73. The lowest BCUT2D eigenvalue weighted by molar-refractivity contribution is 0.204. The van der Waals surface area contributed by atoms with Crippen molar-refractivity contribution in [3.8, 4) is 0 Å². The zero-order chi connectivity index (χ0) is 12.3. The number of aromatic nitrogens is 2. The number of anilines is 1. The summed E-state index contributed by atoms with van der Waals surface area (Å²) in [6.45, 7) is 0. The third kappa shape index (κ3) is 3.57. The van der Waals surface area contributed by atoms with Crippen molar-refractivity contribution in [3.05, 3.63) is 34.9 Å². The molecule has 1 heterocycles. The first-order valence-electron chi connectivity index (χ1n) is 4.80. The fourth-order valence-electron chi connectivity index (χ4n) is 1.21. The maximum atomic E-state index is 9.94. The molecule has 1 atom stereocenters. The molecule has 0 saturated heterocycles. The van der Waals surface area contributed by atoms with Gasteiger partial charge in [-0.3, -0.25) is 0 Å². The number of thioether (sulfide) groups is 1. The Hall–Kier alpha value is -0.820. The summed E-state index contributed by atoms with van der Waals surface area (Å²) in [5.41, 5.74) is 6.30. The highest BCUT2D eigenvalue weighted by Gasteiger charge is 2.10. The van der Waals surface area contributed by atoms with Crippen LogP contribution in [0.2, 0.25) is 5.02 Å². The highest BCUT2D eigenvalue weighted by Crippen LogP contribution is 2.28. The first-order valence-corrected chi connectivity index (χ1v) is 6.98. The van der Waals surface area contributed by atoms with E-state index in [0.717, 1.165) is 9.90 Å². The van der Waals surface area contributed by atoms with Crippen LogP contribution in [0, 0.1) is 0 Å². The minimum atomic E-state index is -0.553. The molecule has 4 nitrogen and oxygen atoms in total. The Morgan fingerprint density at radius 1 is 1.35 bits per heavy atom. The molecular weight excluding hydrogens is 278 g/mol. The van der Waals surface area contributed by atoms with Crippen molar-refractivity contribution in [2.24, 2.45) is 0 Å². The van der Waals surface area contributed by atoms with Crippen molar-refractivity contribution in [3.63, 3.8) is 0 Å². The van der Waals surface area contributed by atoms with Crippen LogP contribution in [0.15, 0.2) is 28.6 Å². The summed E-state index contributed by atoms with van der Waals surface area (Å²) in [7, 11) is 0. The van der Waals surface area contributed by atoms with Gasteiger partial charge in [0, 0.05) is 10.8 Å². The maximum Gasteiger partial charge on any atom is 0.203 e. The molecule has 0 aliphatic rings. The fraction of sp³-hybridized carbons (Fsp3) is 0.200. The Balaban J connectivity index is 1.93. The second-order valence-electron chi connectivity index (χ2n) is 3.28. The summed E-state index contributed by atoms with van der Waals surface area (Å²) in [6, 6.07) is 7.13. The van der Waals surface area contributed by atoms with Gasteiger partial charge in [-0.2, -0.15) is 0 Å². The van der Waals surface area contributed by atoms with Gasteiger partial charge in [0.2, 0.25) is 5.13 Å². The van der Waals surface area contributed by atoms with Gasteiger partial charge in [0.1, 0.15) is 0 Å². The highest BCUT2D eigenvalue weighted by atomic mass is 35.5. The van der Waals surface area contributed by atoms with E-state index < -0.39 is 6.10 Å². The van der Waals surface area contributed by atoms with Gasteiger partial charge in [0.05, 0.1) is 6.10 Å². The zero-order valence-corrected chi connectivity index (χ0v) is 11.1. The minimum absolute atomic E-state index is 0.438. The molecule has 1 aromatic carbocycles. The number of hydrogen-bond donors (Lipinski definition) is 2. The molecule has 1 unspecified atom stereocenters. The summed E-state index contributed by atoms with van der Waals surface area (Å²) in [5.74, 6) is 0.510. The topological polar surface area (TPSA) is 72.0 Å². The van der Waals surface area contributed by atoms with Gasteiger partial charge in [0.25, 0.3) is 0 Å².